The van der Waals surface area contributed by atoms with Crippen LogP contribution in [0.15, 0.2) is 47.4 Å². The summed E-state index contributed by atoms with van der Waals surface area (Å²) in [7, 11) is -2.83. The molecule has 24 heavy (non-hydrogen) atoms. The predicted molar refractivity (Wildman–Crippen MR) is 86.7 cm³/mol. The third-order valence-electron chi connectivity index (χ3n) is 2.98. The van der Waals surface area contributed by atoms with Gasteiger partial charge in [0, 0.05) is 11.8 Å². The summed E-state index contributed by atoms with van der Waals surface area (Å²) in [6.07, 6.45) is 0. The van der Waals surface area contributed by atoms with Gasteiger partial charge >= 0.3 is 5.97 Å². The number of nitrogens with one attached hydrogen (secondary N) is 1. The van der Waals surface area contributed by atoms with Crippen molar-refractivity contribution in [1.82, 2.24) is 0 Å². The van der Waals surface area contributed by atoms with Crippen LogP contribution in [0.25, 0.3) is 0 Å². The number of rotatable bonds is 5. The van der Waals surface area contributed by atoms with Gasteiger partial charge < -0.3 is 4.74 Å². The second-order valence-corrected chi connectivity index (χ2v) is 6.63. The molecule has 1 N–H and O–H groups in total. The molecule has 10 heteroatoms. The summed E-state index contributed by atoms with van der Waals surface area (Å²) < 4.78 is 31.4. The van der Waals surface area contributed by atoms with Gasteiger partial charge in [-0.05, 0) is 36.4 Å². The zero-order valence-corrected chi connectivity index (χ0v) is 13.8. The van der Waals surface area contributed by atoms with Crippen molar-refractivity contribution >= 4 is 39.0 Å². The Morgan fingerprint density at radius 3 is 2.38 bits per heavy atom. The van der Waals surface area contributed by atoms with E-state index in [0.29, 0.717) is 0 Å². The summed E-state index contributed by atoms with van der Waals surface area (Å²) in [6.45, 7) is 0. The van der Waals surface area contributed by atoms with E-state index < -0.39 is 26.6 Å². The molecule has 0 saturated heterocycles. The van der Waals surface area contributed by atoms with E-state index in [0.717, 1.165) is 18.2 Å². The number of nitro benzene ring substituents is 1. The summed E-state index contributed by atoms with van der Waals surface area (Å²) >= 11 is 5.66. The van der Waals surface area contributed by atoms with Gasteiger partial charge in [0.05, 0.1) is 22.5 Å². The van der Waals surface area contributed by atoms with Crippen LogP contribution >= 0.6 is 11.6 Å². The Balaban J connectivity index is 2.30. The van der Waals surface area contributed by atoms with Gasteiger partial charge in [0.2, 0.25) is 0 Å². The highest BCUT2D eigenvalue weighted by molar-refractivity contribution is 7.92. The number of nitro groups is 1. The molecule has 126 valence electrons. The minimum absolute atomic E-state index is 0.165. The molecule has 0 aliphatic heterocycles. The van der Waals surface area contributed by atoms with Crippen molar-refractivity contribution in [1.29, 1.82) is 0 Å². The monoisotopic (exact) mass is 370 g/mol. The number of carbonyl (C=O) groups is 1. The molecule has 0 atom stereocenters. The van der Waals surface area contributed by atoms with Crippen molar-refractivity contribution in [2.75, 3.05) is 11.8 Å². The average Bonchev–Trinajstić information content (AvgIpc) is 2.54. The first kappa shape index (κ1) is 17.7. The second-order valence-electron chi connectivity index (χ2n) is 4.54. The van der Waals surface area contributed by atoms with Crippen LogP contribution in [-0.2, 0) is 14.8 Å². The number of benzene rings is 2. The van der Waals surface area contributed by atoms with Gasteiger partial charge in [-0.25, -0.2) is 13.2 Å². The molecule has 0 aliphatic carbocycles. The number of ether oxygens (including phenoxy) is 1. The Kier molecular flexibility index (Phi) is 5.05. The zero-order valence-electron chi connectivity index (χ0n) is 12.2. The van der Waals surface area contributed by atoms with Crippen molar-refractivity contribution in [3.05, 3.63) is 63.2 Å². The number of nitrogens with zero attached hydrogens (tertiary/aromatic N) is 1. The first-order chi connectivity index (χ1) is 11.2. The average molecular weight is 371 g/mol. The van der Waals surface area contributed by atoms with E-state index in [1.54, 1.807) is 0 Å². The van der Waals surface area contributed by atoms with Gasteiger partial charge in [-0.1, -0.05) is 11.6 Å². The molecule has 0 amide bonds. The Bertz CT molecular complexity index is 896. The number of anilines is 1. The molecule has 2 aromatic carbocycles. The maximum Gasteiger partial charge on any atom is 0.337 e. The Labute approximate surface area is 142 Å². The van der Waals surface area contributed by atoms with Crippen LogP contribution < -0.4 is 4.72 Å². The van der Waals surface area contributed by atoms with Gasteiger partial charge in [-0.3, -0.25) is 14.8 Å². The normalized spacial score (nSPS) is 10.9. The van der Waals surface area contributed by atoms with E-state index in [-0.39, 0.29) is 21.2 Å². The van der Waals surface area contributed by atoms with E-state index in [1.165, 1.54) is 31.4 Å². The standard InChI is InChI=1S/C14H11ClN2O6S/c1-23-14(18)9-2-4-10(5-3-9)16-24(21,22)11-6-7-12(15)13(8-11)17(19)20/h2-8,16H,1H3. The Hall–Kier alpha value is -2.65. The van der Waals surface area contributed by atoms with Gasteiger partial charge in [0.1, 0.15) is 5.02 Å². The predicted octanol–water partition coefficient (Wildman–Crippen LogP) is 2.84. The molecule has 2 rings (SSSR count). The van der Waals surface area contributed by atoms with Crippen molar-refractivity contribution in [2.45, 2.75) is 4.90 Å². The lowest BCUT2D eigenvalue weighted by molar-refractivity contribution is -0.384. The molecule has 8 nitrogen and oxygen atoms in total. The van der Waals surface area contributed by atoms with E-state index in [9.17, 15) is 23.3 Å². The van der Waals surface area contributed by atoms with Gasteiger partial charge in [0.25, 0.3) is 15.7 Å². The Morgan fingerprint density at radius 1 is 1.21 bits per heavy atom. The summed E-state index contributed by atoms with van der Waals surface area (Å²) in [5.74, 6) is -0.558. The van der Waals surface area contributed by atoms with E-state index in [1.807, 2.05) is 0 Å². The lowest BCUT2D eigenvalue weighted by atomic mass is 10.2. The number of sulfonamides is 1. The van der Waals surface area contributed by atoms with Crippen LogP contribution in [0, 0.1) is 10.1 Å². The maximum atomic E-state index is 12.3. The van der Waals surface area contributed by atoms with E-state index in [4.69, 9.17) is 11.6 Å². The van der Waals surface area contributed by atoms with Crippen LogP contribution in [-0.4, -0.2) is 26.4 Å². The first-order valence-electron chi connectivity index (χ1n) is 6.40. The molecule has 0 spiro atoms. The fourth-order valence-corrected chi connectivity index (χ4v) is 3.07. The molecule has 0 unspecified atom stereocenters. The SMILES string of the molecule is COC(=O)c1ccc(NS(=O)(=O)c2ccc(Cl)c([N+](=O)[O-])c2)cc1. The van der Waals surface area contributed by atoms with E-state index >= 15 is 0 Å². The third-order valence-corrected chi connectivity index (χ3v) is 4.68. The molecule has 0 radical (unpaired) electrons. The topological polar surface area (TPSA) is 116 Å². The molecule has 0 saturated carbocycles. The van der Waals surface area contributed by atoms with Crippen LogP contribution in [0.1, 0.15) is 10.4 Å². The number of hydrogen-bond acceptors (Lipinski definition) is 6. The third kappa shape index (κ3) is 3.81. The number of halogens is 1. The summed E-state index contributed by atoms with van der Waals surface area (Å²) in [4.78, 5) is 21.1. The lowest BCUT2D eigenvalue weighted by Gasteiger charge is -2.09. The van der Waals surface area contributed by atoms with Crippen molar-refractivity contribution < 1.29 is 22.9 Å². The number of esters is 1. The highest BCUT2D eigenvalue weighted by Gasteiger charge is 2.21. The van der Waals surface area contributed by atoms with Crippen LogP contribution in [0.5, 0.6) is 0 Å². The molecular weight excluding hydrogens is 360 g/mol. The number of hydrogen-bond donors (Lipinski definition) is 1. The molecule has 0 aliphatic rings. The lowest BCUT2D eigenvalue weighted by Crippen LogP contribution is -2.13. The van der Waals surface area contributed by atoms with Crippen LogP contribution in [0.4, 0.5) is 11.4 Å². The summed E-state index contributed by atoms with van der Waals surface area (Å²) in [5, 5.41) is 10.7. The molecule has 0 bridgehead atoms. The van der Waals surface area contributed by atoms with Crippen LogP contribution in [0.2, 0.25) is 5.02 Å². The summed E-state index contributed by atoms with van der Waals surface area (Å²) in [5.41, 5.74) is -0.0802. The molecule has 0 fully saturated rings. The zero-order chi connectivity index (χ0) is 17.9. The molecule has 0 heterocycles. The smallest absolute Gasteiger partial charge is 0.337 e. The number of methoxy groups -OCH3 is 1. The highest BCUT2D eigenvalue weighted by Crippen LogP contribution is 2.28. The molecular formula is C14H11ClN2O6S. The highest BCUT2D eigenvalue weighted by atomic mass is 35.5. The fraction of sp³-hybridized carbons (Fsp3) is 0.0714. The summed E-state index contributed by atoms with van der Waals surface area (Å²) in [6, 6.07) is 8.66. The first-order valence-corrected chi connectivity index (χ1v) is 8.26. The van der Waals surface area contributed by atoms with Crippen molar-refractivity contribution in [2.24, 2.45) is 0 Å². The molecule has 0 aromatic heterocycles. The van der Waals surface area contributed by atoms with Crippen LogP contribution in [0.3, 0.4) is 0 Å². The maximum absolute atomic E-state index is 12.3. The fourth-order valence-electron chi connectivity index (χ4n) is 1.81. The van der Waals surface area contributed by atoms with Crippen molar-refractivity contribution in [3.63, 3.8) is 0 Å². The van der Waals surface area contributed by atoms with Crippen molar-refractivity contribution in [3.8, 4) is 0 Å². The van der Waals surface area contributed by atoms with E-state index in [2.05, 4.69) is 9.46 Å². The number of carbonyl (C=O) groups excluding carboxylic acids is 1. The Morgan fingerprint density at radius 2 is 1.83 bits per heavy atom. The van der Waals surface area contributed by atoms with Gasteiger partial charge in [0.15, 0.2) is 0 Å². The largest absolute Gasteiger partial charge is 0.465 e. The minimum atomic E-state index is -4.05. The second kappa shape index (κ2) is 6.85. The minimum Gasteiger partial charge on any atom is -0.465 e. The van der Waals surface area contributed by atoms with Gasteiger partial charge in [-0.2, -0.15) is 0 Å². The quantitative estimate of drug-likeness (QED) is 0.491. The van der Waals surface area contributed by atoms with Gasteiger partial charge in [-0.15, -0.1) is 0 Å². The molecule has 2 aromatic rings.